The van der Waals surface area contributed by atoms with Crippen LogP contribution in [-0.4, -0.2) is 36.3 Å². The molecule has 3 rings (SSSR count). The highest BCUT2D eigenvalue weighted by Crippen LogP contribution is 2.26. The Kier molecular flexibility index (Phi) is 5.78. The number of imide groups is 1. The number of hydrogen-bond acceptors (Lipinski definition) is 4. The summed E-state index contributed by atoms with van der Waals surface area (Å²) in [6.45, 7) is 4.86. The predicted octanol–water partition coefficient (Wildman–Crippen LogP) is 3.27. The van der Waals surface area contributed by atoms with E-state index in [9.17, 15) is 14.4 Å². The molecule has 0 aromatic heterocycles. The average molecular weight is 380 g/mol. The first-order chi connectivity index (χ1) is 13.4. The number of rotatable bonds is 7. The van der Waals surface area contributed by atoms with Crippen molar-refractivity contribution in [1.82, 2.24) is 10.2 Å². The monoisotopic (exact) mass is 380 g/mol. The third kappa shape index (κ3) is 3.91. The molecule has 0 bridgehead atoms. The number of carbonyl (C=O) groups excluding carboxylic acids is 3. The minimum Gasteiger partial charge on any atom is -0.496 e. The van der Waals surface area contributed by atoms with Gasteiger partial charge in [0.2, 0.25) is 0 Å². The molecule has 0 saturated heterocycles. The first-order valence-corrected chi connectivity index (χ1v) is 9.32. The highest BCUT2D eigenvalue weighted by atomic mass is 16.5. The maximum absolute atomic E-state index is 12.6. The van der Waals surface area contributed by atoms with E-state index in [1.807, 2.05) is 0 Å². The van der Waals surface area contributed by atoms with Crippen LogP contribution in [0.4, 0.5) is 0 Å². The number of nitrogens with zero attached hydrogens (tertiary/aromatic N) is 1. The second kappa shape index (κ2) is 8.25. The van der Waals surface area contributed by atoms with Gasteiger partial charge in [-0.3, -0.25) is 19.3 Å². The summed E-state index contributed by atoms with van der Waals surface area (Å²) in [6, 6.07) is 11.9. The van der Waals surface area contributed by atoms with Crippen LogP contribution in [0.3, 0.4) is 0 Å². The normalized spacial score (nSPS) is 13.1. The quantitative estimate of drug-likeness (QED) is 0.748. The third-order valence-electron chi connectivity index (χ3n) is 4.73. The minimum atomic E-state index is -0.320. The number of ether oxygens (including phenoxy) is 1. The molecule has 0 unspecified atom stereocenters. The molecule has 0 aliphatic carbocycles. The van der Waals surface area contributed by atoms with E-state index in [1.165, 1.54) is 12.0 Å². The van der Waals surface area contributed by atoms with E-state index >= 15 is 0 Å². The molecule has 1 aliphatic rings. The van der Waals surface area contributed by atoms with Crippen LogP contribution in [0.25, 0.3) is 0 Å². The smallest absolute Gasteiger partial charge is 0.261 e. The van der Waals surface area contributed by atoms with Gasteiger partial charge in [-0.15, -0.1) is 0 Å². The van der Waals surface area contributed by atoms with Crippen LogP contribution in [0.15, 0.2) is 42.5 Å². The van der Waals surface area contributed by atoms with Crippen molar-refractivity contribution >= 4 is 17.7 Å². The van der Waals surface area contributed by atoms with Crippen molar-refractivity contribution in [2.45, 2.75) is 26.8 Å². The molecule has 6 nitrogen and oxygen atoms in total. The molecule has 0 atom stereocenters. The number of carbonyl (C=O) groups is 3. The van der Waals surface area contributed by atoms with Crippen LogP contribution in [0.2, 0.25) is 0 Å². The highest BCUT2D eigenvalue weighted by molar-refractivity contribution is 6.21. The van der Waals surface area contributed by atoms with E-state index in [2.05, 4.69) is 19.2 Å². The molecule has 3 amide bonds. The summed E-state index contributed by atoms with van der Waals surface area (Å²) in [5.41, 5.74) is 1.89. The van der Waals surface area contributed by atoms with Gasteiger partial charge in [-0.05, 0) is 42.2 Å². The van der Waals surface area contributed by atoms with Crippen LogP contribution < -0.4 is 10.1 Å². The minimum absolute atomic E-state index is 0.0998. The van der Waals surface area contributed by atoms with Crippen LogP contribution in [0.1, 0.15) is 56.9 Å². The number of benzene rings is 2. The fourth-order valence-electron chi connectivity index (χ4n) is 3.17. The summed E-state index contributed by atoms with van der Waals surface area (Å²) in [5, 5.41) is 2.89. The van der Waals surface area contributed by atoms with Crippen LogP contribution in [0, 0.1) is 5.92 Å². The van der Waals surface area contributed by atoms with Gasteiger partial charge in [0.05, 0.1) is 30.3 Å². The summed E-state index contributed by atoms with van der Waals surface area (Å²) in [5.74, 6) is 0.0657. The molecule has 0 spiro atoms. The standard InChI is InChI=1S/C22H24N2O4/c1-14(2)10-11-23-20(25)18-12-15(8-9-19(18)28-3)13-24-21(26)16-6-4-5-7-17(16)22(24)27/h4-9,12,14H,10-11,13H2,1-3H3,(H,23,25). The van der Waals surface area contributed by atoms with Crippen LogP contribution in [-0.2, 0) is 6.54 Å². The Morgan fingerprint density at radius 1 is 1.07 bits per heavy atom. The zero-order chi connectivity index (χ0) is 20.3. The molecular formula is C22H24N2O4. The Bertz CT molecular complexity index is 886. The van der Waals surface area contributed by atoms with Crippen molar-refractivity contribution in [3.63, 3.8) is 0 Å². The molecule has 6 heteroatoms. The fraction of sp³-hybridized carbons (Fsp3) is 0.318. The van der Waals surface area contributed by atoms with Gasteiger partial charge < -0.3 is 10.1 Å². The molecule has 1 heterocycles. The Morgan fingerprint density at radius 2 is 1.71 bits per heavy atom. The van der Waals surface area contributed by atoms with Gasteiger partial charge in [-0.2, -0.15) is 0 Å². The number of hydrogen-bond donors (Lipinski definition) is 1. The van der Waals surface area contributed by atoms with Crippen molar-refractivity contribution in [2.75, 3.05) is 13.7 Å². The number of methoxy groups -OCH3 is 1. The van der Waals surface area contributed by atoms with Gasteiger partial charge >= 0.3 is 0 Å². The second-order valence-corrected chi connectivity index (χ2v) is 7.22. The lowest BCUT2D eigenvalue weighted by molar-refractivity contribution is 0.0642. The Morgan fingerprint density at radius 3 is 2.29 bits per heavy atom. The average Bonchev–Trinajstić information content (AvgIpc) is 2.93. The molecule has 1 N–H and O–H groups in total. The van der Waals surface area contributed by atoms with E-state index < -0.39 is 0 Å². The van der Waals surface area contributed by atoms with E-state index in [0.717, 1.165) is 6.42 Å². The zero-order valence-electron chi connectivity index (χ0n) is 16.3. The lowest BCUT2D eigenvalue weighted by Gasteiger charge is -2.16. The number of fused-ring (bicyclic) bond motifs is 1. The van der Waals surface area contributed by atoms with Crippen molar-refractivity contribution < 1.29 is 19.1 Å². The Balaban J connectivity index is 1.79. The SMILES string of the molecule is COc1ccc(CN2C(=O)c3ccccc3C2=O)cc1C(=O)NCCC(C)C. The maximum Gasteiger partial charge on any atom is 0.261 e. The largest absolute Gasteiger partial charge is 0.496 e. The molecular weight excluding hydrogens is 356 g/mol. The summed E-state index contributed by atoms with van der Waals surface area (Å²) < 4.78 is 5.30. The van der Waals surface area contributed by atoms with Crippen molar-refractivity contribution in [2.24, 2.45) is 5.92 Å². The third-order valence-corrected chi connectivity index (χ3v) is 4.73. The second-order valence-electron chi connectivity index (χ2n) is 7.22. The van der Waals surface area contributed by atoms with Gasteiger partial charge in [-0.25, -0.2) is 0 Å². The molecule has 1 aliphatic heterocycles. The van der Waals surface area contributed by atoms with Gasteiger partial charge in [-0.1, -0.05) is 32.0 Å². The van der Waals surface area contributed by atoms with Gasteiger partial charge in [0.1, 0.15) is 5.75 Å². The highest BCUT2D eigenvalue weighted by Gasteiger charge is 2.35. The molecule has 28 heavy (non-hydrogen) atoms. The van der Waals surface area contributed by atoms with Gasteiger partial charge in [0, 0.05) is 6.54 Å². The van der Waals surface area contributed by atoms with Crippen LogP contribution in [0.5, 0.6) is 5.75 Å². The molecule has 0 saturated carbocycles. The zero-order valence-corrected chi connectivity index (χ0v) is 16.3. The van der Waals surface area contributed by atoms with Crippen molar-refractivity contribution in [3.05, 3.63) is 64.7 Å². The van der Waals surface area contributed by atoms with E-state index in [4.69, 9.17) is 4.74 Å². The van der Waals surface area contributed by atoms with E-state index in [0.29, 0.717) is 40.5 Å². The summed E-state index contributed by atoms with van der Waals surface area (Å²) in [4.78, 5) is 38.9. The molecule has 0 fully saturated rings. The molecule has 146 valence electrons. The van der Waals surface area contributed by atoms with Crippen molar-refractivity contribution in [3.8, 4) is 5.75 Å². The Hall–Kier alpha value is -3.15. The topological polar surface area (TPSA) is 75.7 Å². The lowest BCUT2D eigenvalue weighted by Crippen LogP contribution is -2.29. The van der Waals surface area contributed by atoms with Gasteiger partial charge in [0.25, 0.3) is 17.7 Å². The molecule has 2 aromatic rings. The summed E-state index contributed by atoms with van der Waals surface area (Å²) in [7, 11) is 1.50. The van der Waals surface area contributed by atoms with Crippen molar-refractivity contribution in [1.29, 1.82) is 0 Å². The molecule has 2 aromatic carbocycles. The van der Waals surface area contributed by atoms with E-state index in [-0.39, 0.29) is 24.3 Å². The number of nitrogens with one attached hydrogen (secondary N) is 1. The van der Waals surface area contributed by atoms with Gasteiger partial charge in [0.15, 0.2) is 0 Å². The predicted molar refractivity (Wildman–Crippen MR) is 105 cm³/mol. The molecule has 0 radical (unpaired) electrons. The summed E-state index contributed by atoms with van der Waals surface area (Å²) in [6.07, 6.45) is 0.878. The fourth-order valence-corrected chi connectivity index (χ4v) is 3.17. The first-order valence-electron chi connectivity index (χ1n) is 9.32. The maximum atomic E-state index is 12.6. The summed E-state index contributed by atoms with van der Waals surface area (Å²) >= 11 is 0. The van der Waals surface area contributed by atoms with Crippen LogP contribution >= 0.6 is 0 Å². The van der Waals surface area contributed by atoms with E-state index in [1.54, 1.807) is 42.5 Å². The first kappa shape index (κ1) is 19.6. The lowest BCUT2D eigenvalue weighted by atomic mass is 10.1. The Labute approximate surface area is 164 Å². The number of amides is 3.